The summed E-state index contributed by atoms with van der Waals surface area (Å²) < 4.78 is 4.39. The van der Waals surface area contributed by atoms with E-state index in [1.54, 1.807) is 6.08 Å². The molecule has 0 unspecified atom stereocenters. The summed E-state index contributed by atoms with van der Waals surface area (Å²) in [5.41, 5.74) is 6.53. The van der Waals surface area contributed by atoms with Gasteiger partial charge in [0.2, 0.25) is 0 Å². The van der Waals surface area contributed by atoms with E-state index in [4.69, 9.17) is 0 Å². The van der Waals surface area contributed by atoms with Crippen molar-refractivity contribution >= 4 is 12.2 Å². The van der Waals surface area contributed by atoms with E-state index in [9.17, 15) is 4.79 Å². The molecule has 1 rings (SSSR count). The summed E-state index contributed by atoms with van der Waals surface area (Å²) in [6.07, 6.45) is 3.08. The third kappa shape index (κ3) is 4.32. The van der Waals surface area contributed by atoms with E-state index in [0.717, 1.165) is 5.56 Å². The van der Waals surface area contributed by atoms with Gasteiger partial charge in [-0.05, 0) is 11.6 Å². The molecule has 0 atom stereocenters. The second-order valence-electron chi connectivity index (χ2n) is 3.01. The molecule has 84 valence electrons. The van der Waals surface area contributed by atoms with Crippen LogP contribution in [-0.4, -0.2) is 13.2 Å². The topological polar surface area (TPSA) is 50.4 Å². The second kappa shape index (κ2) is 6.29. The molecule has 0 fully saturated rings. The van der Waals surface area contributed by atoms with E-state index in [-0.39, 0.29) is 0 Å². The molecule has 4 heteroatoms. The molecule has 1 aromatic rings. The average Bonchev–Trinajstić information content (AvgIpc) is 2.34. The smallest absolute Gasteiger partial charge is 0.425 e. The number of allylic oxidation sites excluding steroid dienone is 1. The van der Waals surface area contributed by atoms with Crippen molar-refractivity contribution in [3.8, 4) is 0 Å². The maximum absolute atomic E-state index is 10.7. The molecule has 1 amide bonds. The maximum Gasteiger partial charge on any atom is 0.425 e. The highest BCUT2D eigenvalue weighted by Crippen LogP contribution is 2.02. The number of benzene rings is 1. The molecule has 2 N–H and O–H groups in total. The molecule has 0 spiro atoms. The van der Waals surface area contributed by atoms with Crippen molar-refractivity contribution in [2.24, 2.45) is 0 Å². The van der Waals surface area contributed by atoms with E-state index in [1.165, 1.54) is 7.11 Å². The van der Waals surface area contributed by atoms with Crippen LogP contribution in [0.5, 0.6) is 0 Å². The molecular formula is C12H14N2O2. The molecule has 0 aromatic heterocycles. The first-order valence-electron chi connectivity index (χ1n) is 4.74. The Kier molecular flexibility index (Phi) is 4.66. The van der Waals surface area contributed by atoms with Crippen LogP contribution in [0.3, 0.4) is 0 Å². The van der Waals surface area contributed by atoms with E-state index >= 15 is 0 Å². The minimum absolute atomic E-state index is 0.561. The Morgan fingerprint density at radius 1 is 1.31 bits per heavy atom. The highest BCUT2D eigenvalue weighted by Gasteiger charge is 1.95. The zero-order valence-electron chi connectivity index (χ0n) is 9.07. The number of methoxy groups -OCH3 is 1. The van der Waals surface area contributed by atoms with Crippen LogP contribution < -0.4 is 10.9 Å². The van der Waals surface area contributed by atoms with Crippen LogP contribution in [0.4, 0.5) is 4.79 Å². The Labute approximate surface area is 94.6 Å². The number of amides is 1. The minimum Gasteiger partial charge on any atom is -0.452 e. The van der Waals surface area contributed by atoms with E-state index < -0.39 is 6.09 Å². The van der Waals surface area contributed by atoms with E-state index in [1.807, 2.05) is 36.4 Å². The van der Waals surface area contributed by atoms with Crippen LogP contribution in [0.15, 0.2) is 48.7 Å². The van der Waals surface area contributed by atoms with Crippen LogP contribution in [-0.2, 0) is 4.74 Å². The fraction of sp³-hybridized carbons (Fsp3) is 0.0833. The first-order valence-corrected chi connectivity index (χ1v) is 4.74. The number of nitrogens with one attached hydrogen (secondary N) is 2. The fourth-order valence-corrected chi connectivity index (χ4v) is 0.985. The van der Waals surface area contributed by atoms with Crippen LogP contribution >= 0.6 is 0 Å². The summed E-state index contributed by atoms with van der Waals surface area (Å²) in [6.45, 7) is 3.71. The maximum atomic E-state index is 10.7. The number of carbonyl (C=O) groups excluding carboxylic acids is 1. The molecule has 4 nitrogen and oxygen atoms in total. The van der Waals surface area contributed by atoms with Crippen LogP contribution in [0, 0.1) is 0 Å². The predicted molar refractivity (Wildman–Crippen MR) is 63.3 cm³/mol. The second-order valence-corrected chi connectivity index (χ2v) is 3.01. The quantitative estimate of drug-likeness (QED) is 0.601. The zero-order chi connectivity index (χ0) is 11.8. The van der Waals surface area contributed by atoms with E-state index in [0.29, 0.717) is 5.70 Å². The van der Waals surface area contributed by atoms with Gasteiger partial charge in [0.25, 0.3) is 0 Å². The van der Waals surface area contributed by atoms with Crippen molar-refractivity contribution in [3.05, 3.63) is 54.2 Å². The highest BCUT2D eigenvalue weighted by atomic mass is 16.5. The van der Waals surface area contributed by atoms with Crippen molar-refractivity contribution in [1.29, 1.82) is 0 Å². The molecular weight excluding hydrogens is 204 g/mol. The van der Waals surface area contributed by atoms with Gasteiger partial charge in [-0.2, -0.15) is 0 Å². The van der Waals surface area contributed by atoms with Gasteiger partial charge in [-0.15, -0.1) is 0 Å². The molecule has 0 aliphatic heterocycles. The SMILES string of the molecule is C=C(C=Cc1ccccc1)NNC(=O)OC. The molecule has 0 saturated carbocycles. The Balaban J connectivity index is 2.40. The number of hydrogen-bond donors (Lipinski definition) is 2. The summed E-state index contributed by atoms with van der Waals surface area (Å²) in [5.74, 6) is 0. The summed E-state index contributed by atoms with van der Waals surface area (Å²) in [7, 11) is 1.29. The van der Waals surface area contributed by atoms with Crippen LogP contribution in [0.2, 0.25) is 0 Å². The van der Waals surface area contributed by atoms with Gasteiger partial charge in [0.15, 0.2) is 0 Å². The minimum atomic E-state index is -0.561. The monoisotopic (exact) mass is 218 g/mol. The lowest BCUT2D eigenvalue weighted by Crippen LogP contribution is -2.35. The third-order valence-electron chi connectivity index (χ3n) is 1.79. The predicted octanol–water partition coefficient (Wildman–Crippen LogP) is 2.07. The standard InChI is InChI=1S/C12H14N2O2/c1-10(13-14-12(15)16-2)8-9-11-6-4-3-5-7-11/h3-9,13H,1H2,2H3,(H,14,15). The van der Waals surface area contributed by atoms with Gasteiger partial charge in [0.05, 0.1) is 7.11 Å². The summed E-state index contributed by atoms with van der Waals surface area (Å²) in [5, 5.41) is 0. The molecule has 0 bridgehead atoms. The first-order chi connectivity index (χ1) is 7.72. The molecule has 16 heavy (non-hydrogen) atoms. The van der Waals surface area contributed by atoms with Gasteiger partial charge in [-0.3, -0.25) is 5.43 Å². The number of ether oxygens (including phenoxy) is 1. The van der Waals surface area contributed by atoms with Gasteiger partial charge < -0.3 is 4.74 Å². The van der Waals surface area contributed by atoms with Crippen molar-refractivity contribution in [3.63, 3.8) is 0 Å². The normalized spacial score (nSPS) is 9.81. The molecule has 0 heterocycles. The number of carbonyl (C=O) groups is 1. The lowest BCUT2D eigenvalue weighted by atomic mass is 10.2. The van der Waals surface area contributed by atoms with Gasteiger partial charge in [-0.25, -0.2) is 10.2 Å². The number of hydrazine groups is 1. The lowest BCUT2D eigenvalue weighted by molar-refractivity contribution is 0.167. The molecule has 0 aliphatic carbocycles. The molecule has 0 aliphatic rings. The van der Waals surface area contributed by atoms with Crippen molar-refractivity contribution in [1.82, 2.24) is 10.9 Å². The molecule has 1 aromatic carbocycles. The average molecular weight is 218 g/mol. The van der Waals surface area contributed by atoms with Gasteiger partial charge in [0, 0.05) is 5.70 Å². The fourth-order valence-electron chi connectivity index (χ4n) is 0.985. The Morgan fingerprint density at radius 3 is 2.62 bits per heavy atom. The molecule has 0 saturated heterocycles. The van der Waals surface area contributed by atoms with Gasteiger partial charge in [0.1, 0.15) is 0 Å². The van der Waals surface area contributed by atoms with Crippen molar-refractivity contribution < 1.29 is 9.53 Å². The summed E-state index contributed by atoms with van der Waals surface area (Å²) in [4.78, 5) is 10.7. The van der Waals surface area contributed by atoms with Crippen molar-refractivity contribution in [2.75, 3.05) is 7.11 Å². The Bertz CT molecular complexity index is 385. The first kappa shape index (κ1) is 11.8. The zero-order valence-corrected chi connectivity index (χ0v) is 9.07. The molecule has 0 radical (unpaired) electrons. The van der Waals surface area contributed by atoms with E-state index in [2.05, 4.69) is 22.2 Å². The third-order valence-corrected chi connectivity index (χ3v) is 1.79. The number of rotatable bonds is 4. The van der Waals surface area contributed by atoms with Gasteiger partial charge >= 0.3 is 6.09 Å². The van der Waals surface area contributed by atoms with Crippen LogP contribution in [0.1, 0.15) is 5.56 Å². The van der Waals surface area contributed by atoms with Gasteiger partial charge in [-0.1, -0.05) is 43.0 Å². The largest absolute Gasteiger partial charge is 0.452 e. The van der Waals surface area contributed by atoms with Crippen molar-refractivity contribution in [2.45, 2.75) is 0 Å². The Hall–Kier alpha value is -2.23. The summed E-state index contributed by atoms with van der Waals surface area (Å²) in [6, 6.07) is 9.78. The highest BCUT2D eigenvalue weighted by molar-refractivity contribution is 5.66. The summed E-state index contributed by atoms with van der Waals surface area (Å²) >= 11 is 0. The van der Waals surface area contributed by atoms with Crippen LogP contribution in [0.25, 0.3) is 6.08 Å². The lowest BCUT2D eigenvalue weighted by Gasteiger charge is -2.05. The number of hydrogen-bond acceptors (Lipinski definition) is 3. The Morgan fingerprint density at radius 2 is 2.00 bits per heavy atom.